The fourth-order valence-corrected chi connectivity index (χ4v) is 2.14. The Bertz CT molecular complexity index is 838. The highest BCUT2D eigenvalue weighted by Gasteiger charge is 2.08. The van der Waals surface area contributed by atoms with E-state index in [2.05, 4.69) is 9.97 Å². The fourth-order valence-electron chi connectivity index (χ4n) is 2.14. The maximum Gasteiger partial charge on any atom is 0.274 e. The molecule has 0 radical (unpaired) electrons. The van der Waals surface area contributed by atoms with Gasteiger partial charge < -0.3 is 14.5 Å². The summed E-state index contributed by atoms with van der Waals surface area (Å²) in [6.07, 6.45) is 0. The number of H-pyrrole nitrogens is 1. The van der Waals surface area contributed by atoms with Crippen molar-refractivity contribution in [2.45, 2.75) is 0 Å². The van der Waals surface area contributed by atoms with Crippen LogP contribution in [-0.2, 0) is 0 Å². The van der Waals surface area contributed by atoms with Gasteiger partial charge in [-0.3, -0.25) is 4.79 Å². The van der Waals surface area contributed by atoms with Crippen LogP contribution in [0.2, 0.25) is 0 Å². The molecule has 0 saturated heterocycles. The Morgan fingerprint density at radius 3 is 2.29 bits per heavy atom. The number of fused-ring (bicyclic) bond motifs is 1. The van der Waals surface area contributed by atoms with E-state index in [1.54, 1.807) is 32.4 Å². The lowest BCUT2D eigenvalue weighted by atomic mass is 10.1. The van der Waals surface area contributed by atoms with Crippen LogP contribution in [0.1, 0.15) is 0 Å². The number of nitrogens with zero attached hydrogens (tertiary/aromatic N) is 1. The van der Waals surface area contributed by atoms with Crippen molar-refractivity contribution in [1.29, 1.82) is 0 Å². The second-order valence-electron chi connectivity index (χ2n) is 4.53. The van der Waals surface area contributed by atoms with Crippen molar-refractivity contribution in [2.75, 3.05) is 14.2 Å². The Hall–Kier alpha value is -2.82. The van der Waals surface area contributed by atoms with E-state index in [4.69, 9.17) is 9.47 Å². The van der Waals surface area contributed by atoms with Crippen LogP contribution in [0.15, 0.2) is 47.3 Å². The molecule has 1 heterocycles. The molecule has 3 aromatic rings. The molecular weight excluding hydrogens is 268 g/mol. The molecule has 106 valence electrons. The van der Waals surface area contributed by atoms with Gasteiger partial charge in [-0.15, -0.1) is 0 Å². The molecule has 0 aliphatic rings. The van der Waals surface area contributed by atoms with Gasteiger partial charge in [0.1, 0.15) is 17.2 Å². The molecule has 21 heavy (non-hydrogen) atoms. The van der Waals surface area contributed by atoms with Gasteiger partial charge in [-0.05, 0) is 36.4 Å². The molecule has 0 aliphatic carbocycles. The number of aromatic amines is 1. The molecule has 0 aliphatic heterocycles. The van der Waals surface area contributed by atoms with Crippen LogP contribution < -0.4 is 15.0 Å². The van der Waals surface area contributed by atoms with Crippen molar-refractivity contribution in [3.05, 3.63) is 52.8 Å². The lowest BCUT2D eigenvalue weighted by Crippen LogP contribution is -2.11. The van der Waals surface area contributed by atoms with Gasteiger partial charge in [-0.1, -0.05) is 0 Å². The normalized spacial score (nSPS) is 10.6. The Kier molecular flexibility index (Phi) is 3.31. The van der Waals surface area contributed by atoms with Gasteiger partial charge >= 0.3 is 0 Å². The molecule has 0 unspecified atom stereocenters. The molecule has 0 atom stereocenters. The van der Waals surface area contributed by atoms with Crippen molar-refractivity contribution >= 4 is 11.0 Å². The Balaban J connectivity index is 2.14. The van der Waals surface area contributed by atoms with Crippen molar-refractivity contribution in [3.63, 3.8) is 0 Å². The first kappa shape index (κ1) is 13.2. The van der Waals surface area contributed by atoms with Gasteiger partial charge in [-0.2, -0.15) is 0 Å². The number of ether oxygens (including phenoxy) is 2. The van der Waals surface area contributed by atoms with E-state index in [1.165, 1.54) is 0 Å². The van der Waals surface area contributed by atoms with E-state index >= 15 is 0 Å². The van der Waals surface area contributed by atoms with Crippen molar-refractivity contribution in [2.24, 2.45) is 0 Å². The first-order chi connectivity index (χ1) is 10.2. The number of hydrogen-bond donors (Lipinski definition) is 1. The summed E-state index contributed by atoms with van der Waals surface area (Å²) in [5.41, 5.74) is 2.25. The van der Waals surface area contributed by atoms with Crippen LogP contribution in [0.4, 0.5) is 0 Å². The average Bonchev–Trinajstić information content (AvgIpc) is 2.53. The molecule has 1 N–H and O–H groups in total. The summed E-state index contributed by atoms with van der Waals surface area (Å²) >= 11 is 0. The molecule has 2 aromatic carbocycles. The van der Waals surface area contributed by atoms with Crippen LogP contribution in [0.5, 0.6) is 11.5 Å². The molecule has 3 rings (SSSR count). The lowest BCUT2D eigenvalue weighted by Gasteiger charge is -2.05. The monoisotopic (exact) mass is 282 g/mol. The predicted molar refractivity (Wildman–Crippen MR) is 80.9 cm³/mol. The lowest BCUT2D eigenvalue weighted by molar-refractivity contribution is 0.415. The molecular formula is C16H14N2O3. The summed E-state index contributed by atoms with van der Waals surface area (Å²) in [5, 5.41) is 0. The average molecular weight is 282 g/mol. The number of methoxy groups -OCH3 is 2. The van der Waals surface area contributed by atoms with E-state index in [9.17, 15) is 4.79 Å². The summed E-state index contributed by atoms with van der Waals surface area (Å²) in [6, 6.07) is 12.6. The van der Waals surface area contributed by atoms with E-state index in [-0.39, 0.29) is 5.56 Å². The molecule has 0 spiro atoms. The van der Waals surface area contributed by atoms with Gasteiger partial charge in [0.2, 0.25) is 0 Å². The van der Waals surface area contributed by atoms with E-state index < -0.39 is 0 Å². The van der Waals surface area contributed by atoms with Crippen LogP contribution in [0.25, 0.3) is 22.3 Å². The third-order valence-corrected chi connectivity index (χ3v) is 3.26. The fraction of sp³-hybridized carbons (Fsp3) is 0.125. The first-order valence-electron chi connectivity index (χ1n) is 6.44. The zero-order valence-corrected chi connectivity index (χ0v) is 11.7. The molecule has 0 amide bonds. The zero-order valence-electron chi connectivity index (χ0n) is 11.7. The second-order valence-corrected chi connectivity index (χ2v) is 4.53. The quantitative estimate of drug-likeness (QED) is 0.802. The van der Waals surface area contributed by atoms with Crippen molar-refractivity contribution in [3.8, 4) is 22.8 Å². The Morgan fingerprint density at radius 1 is 0.952 bits per heavy atom. The van der Waals surface area contributed by atoms with E-state index in [1.807, 2.05) is 24.3 Å². The first-order valence-corrected chi connectivity index (χ1v) is 6.44. The highest BCUT2D eigenvalue weighted by molar-refractivity contribution is 5.78. The van der Waals surface area contributed by atoms with Gasteiger partial charge in [0.25, 0.3) is 5.56 Å². The molecule has 5 heteroatoms. The number of nitrogens with one attached hydrogen (secondary N) is 1. The van der Waals surface area contributed by atoms with Crippen molar-refractivity contribution < 1.29 is 9.47 Å². The maximum absolute atomic E-state index is 12.2. The molecule has 0 saturated carbocycles. The topological polar surface area (TPSA) is 64.2 Å². The SMILES string of the molecule is COc1ccc(-c2nc3ccc(OC)cc3[nH]c2=O)cc1. The maximum atomic E-state index is 12.2. The largest absolute Gasteiger partial charge is 0.497 e. The number of rotatable bonds is 3. The number of hydrogen-bond acceptors (Lipinski definition) is 4. The highest BCUT2D eigenvalue weighted by atomic mass is 16.5. The van der Waals surface area contributed by atoms with Crippen LogP contribution in [0.3, 0.4) is 0 Å². The summed E-state index contributed by atoms with van der Waals surface area (Å²) in [6.45, 7) is 0. The highest BCUT2D eigenvalue weighted by Crippen LogP contribution is 2.21. The summed E-state index contributed by atoms with van der Waals surface area (Å²) in [7, 11) is 3.18. The van der Waals surface area contributed by atoms with E-state index in [0.29, 0.717) is 22.5 Å². The molecule has 5 nitrogen and oxygen atoms in total. The number of aromatic nitrogens is 2. The van der Waals surface area contributed by atoms with Crippen molar-refractivity contribution in [1.82, 2.24) is 9.97 Å². The van der Waals surface area contributed by atoms with Gasteiger partial charge in [-0.25, -0.2) is 4.98 Å². The second kappa shape index (κ2) is 5.28. The summed E-state index contributed by atoms with van der Waals surface area (Å²) in [4.78, 5) is 19.5. The smallest absolute Gasteiger partial charge is 0.274 e. The standard InChI is InChI=1S/C16H14N2O3/c1-20-11-5-3-10(4-6-11)15-16(19)18-14-9-12(21-2)7-8-13(14)17-15/h3-9H,1-2H3,(H,18,19). The van der Waals surface area contributed by atoms with Crippen LogP contribution in [0, 0.1) is 0 Å². The summed E-state index contributed by atoms with van der Waals surface area (Å²) in [5.74, 6) is 1.41. The van der Waals surface area contributed by atoms with Crippen LogP contribution >= 0.6 is 0 Å². The number of benzene rings is 2. The van der Waals surface area contributed by atoms with Gasteiger partial charge in [0.05, 0.1) is 25.3 Å². The molecule has 0 fully saturated rings. The predicted octanol–water partition coefficient (Wildman–Crippen LogP) is 2.61. The zero-order chi connectivity index (χ0) is 14.8. The minimum absolute atomic E-state index is 0.235. The minimum Gasteiger partial charge on any atom is -0.497 e. The summed E-state index contributed by atoms with van der Waals surface area (Å²) < 4.78 is 10.2. The molecule has 1 aromatic heterocycles. The van der Waals surface area contributed by atoms with Gasteiger partial charge in [0, 0.05) is 11.6 Å². The van der Waals surface area contributed by atoms with E-state index in [0.717, 1.165) is 11.3 Å². The Morgan fingerprint density at radius 2 is 1.62 bits per heavy atom. The minimum atomic E-state index is -0.235. The Labute approximate surface area is 121 Å². The van der Waals surface area contributed by atoms with Crippen LogP contribution in [-0.4, -0.2) is 24.2 Å². The third-order valence-electron chi connectivity index (χ3n) is 3.26. The third kappa shape index (κ3) is 2.45. The van der Waals surface area contributed by atoms with Gasteiger partial charge in [0.15, 0.2) is 0 Å². The molecule has 0 bridgehead atoms.